The van der Waals surface area contributed by atoms with Gasteiger partial charge in [0.2, 0.25) is 0 Å². The number of nitrogens with zero attached hydrogens (tertiary/aromatic N) is 3. The summed E-state index contributed by atoms with van der Waals surface area (Å²) in [6.45, 7) is 2.77. The van der Waals surface area contributed by atoms with Crippen LogP contribution in [0.1, 0.15) is 11.3 Å². The number of halogens is 1. The van der Waals surface area contributed by atoms with Gasteiger partial charge in [0.25, 0.3) is 0 Å². The summed E-state index contributed by atoms with van der Waals surface area (Å²) >= 11 is 3.41. The fourth-order valence-electron chi connectivity index (χ4n) is 1.96. The van der Waals surface area contributed by atoms with Gasteiger partial charge in [0.1, 0.15) is 10.1 Å². The first kappa shape index (κ1) is 11.4. The summed E-state index contributed by atoms with van der Waals surface area (Å²) < 4.78 is 2.93. The smallest absolute Gasteiger partial charge is 0.159 e. The lowest BCUT2D eigenvalue weighted by Crippen LogP contribution is -2.00. The van der Waals surface area contributed by atoms with Crippen LogP contribution in [0.15, 0.2) is 47.2 Å². The largest absolute Gasteiger partial charge is 0.327 e. The molecule has 18 heavy (non-hydrogen) atoms. The summed E-state index contributed by atoms with van der Waals surface area (Å²) in [5.74, 6) is 0. The van der Waals surface area contributed by atoms with E-state index in [1.165, 1.54) is 5.56 Å². The van der Waals surface area contributed by atoms with Crippen LogP contribution in [0, 0.1) is 6.92 Å². The summed E-state index contributed by atoms with van der Waals surface area (Å²) in [6, 6.07) is 12.4. The molecule has 90 valence electrons. The van der Waals surface area contributed by atoms with E-state index in [9.17, 15) is 0 Å². The third-order valence-corrected chi connectivity index (χ3v) is 3.65. The van der Waals surface area contributed by atoms with Crippen molar-refractivity contribution in [3.8, 4) is 0 Å². The van der Waals surface area contributed by atoms with Crippen LogP contribution in [0.3, 0.4) is 0 Å². The Morgan fingerprint density at radius 2 is 1.89 bits per heavy atom. The maximum atomic E-state index is 4.58. The fourth-order valence-corrected chi connectivity index (χ4v) is 2.24. The Bertz CT molecular complexity index is 689. The number of fused-ring (bicyclic) bond motifs is 1. The van der Waals surface area contributed by atoms with Gasteiger partial charge in [-0.25, -0.2) is 9.97 Å². The van der Waals surface area contributed by atoms with Gasteiger partial charge in [0, 0.05) is 12.7 Å². The van der Waals surface area contributed by atoms with Crippen molar-refractivity contribution in [2.24, 2.45) is 0 Å². The molecule has 0 radical (unpaired) electrons. The van der Waals surface area contributed by atoms with Crippen molar-refractivity contribution in [1.82, 2.24) is 14.5 Å². The molecule has 0 bridgehead atoms. The standard InChI is InChI=1S/C14H12BrN3/c1-10-13(15)17-12-7-8-18(14(12)16-10)9-11-5-3-2-4-6-11/h2-8H,9H2,1H3. The second kappa shape index (κ2) is 4.53. The predicted molar refractivity (Wildman–Crippen MR) is 75.5 cm³/mol. The Labute approximate surface area is 114 Å². The highest BCUT2D eigenvalue weighted by Gasteiger charge is 2.07. The van der Waals surface area contributed by atoms with Crippen LogP contribution in [0.25, 0.3) is 11.2 Å². The topological polar surface area (TPSA) is 30.7 Å². The monoisotopic (exact) mass is 301 g/mol. The van der Waals surface area contributed by atoms with E-state index in [1.807, 2.05) is 25.3 Å². The van der Waals surface area contributed by atoms with Crippen LogP contribution >= 0.6 is 15.9 Å². The Hall–Kier alpha value is -1.68. The first-order valence-electron chi connectivity index (χ1n) is 5.77. The summed E-state index contributed by atoms with van der Waals surface area (Å²) in [6.07, 6.45) is 2.03. The van der Waals surface area contributed by atoms with E-state index >= 15 is 0 Å². The molecule has 0 fully saturated rings. The average Bonchev–Trinajstić information content (AvgIpc) is 2.74. The molecule has 0 N–H and O–H groups in total. The zero-order valence-corrected chi connectivity index (χ0v) is 11.6. The van der Waals surface area contributed by atoms with Crippen molar-refractivity contribution in [1.29, 1.82) is 0 Å². The van der Waals surface area contributed by atoms with Crippen LogP contribution < -0.4 is 0 Å². The summed E-state index contributed by atoms with van der Waals surface area (Å²) in [7, 11) is 0. The molecule has 2 heterocycles. The van der Waals surface area contributed by atoms with Crippen LogP contribution in [-0.4, -0.2) is 14.5 Å². The van der Waals surface area contributed by atoms with Crippen molar-refractivity contribution in [3.05, 3.63) is 58.5 Å². The summed E-state index contributed by atoms with van der Waals surface area (Å²) in [4.78, 5) is 9.06. The maximum Gasteiger partial charge on any atom is 0.159 e. The first-order chi connectivity index (χ1) is 8.74. The molecule has 3 aromatic rings. The first-order valence-corrected chi connectivity index (χ1v) is 6.56. The van der Waals surface area contributed by atoms with Crippen LogP contribution in [0.5, 0.6) is 0 Å². The minimum Gasteiger partial charge on any atom is -0.327 e. The summed E-state index contributed by atoms with van der Waals surface area (Å²) in [5.41, 5.74) is 4.02. The fraction of sp³-hybridized carbons (Fsp3) is 0.143. The Balaban J connectivity index is 2.05. The van der Waals surface area contributed by atoms with E-state index in [2.05, 4.69) is 54.7 Å². The second-order valence-corrected chi connectivity index (χ2v) is 4.99. The molecule has 2 aromatic heterocycles. The van der Waals surface area contributed by atoms with Gasteiger partial charge in [-0.2, -0.15) is 0 Å². The highest BCUT2D eigenvalue weighted by Crippen LogP contribution is 2.18. The normalized spacial score (nSPS) is 11.0. The quantitative estimate of drug-likeness (QED) is 0.725. The molecule has 1 aromatic carbocycles. The van der Waals surface area contributed by atoms with E-state index in [4.69, 9.17) is 0 Å². The van der Waals surface area contributed by atoms with Gasteiger partial charge in [-0.3, -0.25) is 0 Å². The van der Waals surface area contributed by atoms with Crippen LogP contribution in [0.4, 0.5) is 0 Å². The van der Waals surface area contributed by atoms with E-state index in [1.54, 1.807) is 0 Å². The highest BCUT2D eigenvalue weighted by atomic mass is 79.9. The lowest BCUT2D eigenvalue weighted by molar-refractivity contribution is 0.821. The molecular weight excluding hydrogens is 290 g/mol. The van der Waals surface area contributed by atoms with Gasteiger partial charge in [-0.15, -0.1) is 0 Å². The van der Waals surface area contributed by atoms with E-state index < -0.39 is 0 Å². The lowest BCUT2D eigenvalue weighted by Gasteiger charge is -2.05. The second-order valence-electron chi connectivity index (χ2n) is 4.24. The number of rotatable bonds is 2. The molecule has 4 heteroatoms. The maximum absolute atomic E-state index is 4.58. The highest BCUT2D eigenvalue weighted by molar-refractivity contribution is 9.10. The number of hydrogen-bond acceptors (Lipinski definition) is 2. The van der Waals surface area contributed by atoms with Crippen molar-refractivity contribution < 1.29 is 0 Å². The van der Waals surface area contributed by atoms with Gasteiger partial charge in [-0.05, 0) is 34.5 Å². The molecule has 0 saturated carbocycles. The molecule has 0 saturated heterocycles. The predicted octanol–water partition coefficient (Wildman–Crippen LogP) is 3.55. The van der Waals surface area contributed by atoms with E-state index in [0.29, 0.717) is 0 Å². The molecule has 0 amide bonds. The van der Waals surface area contributed by atoms with Gasteiger partial charge in [0.05, 0.1) is 5.69 Å². The van der Waals surface area contributed by atoms with Crippen LogP contribution in [0.2, 0.25) is 0 Å². The molecule has 0 spiro atoms. The minimum absolute atomic E-state index is 0.812. The van der Waals surface area contributed by atoms with Gasteiger partial charge in [0.15, 0.2) is 5.65 Å². The molecule has 0 atom stereocenters. The molecule has 3 nitrogen and oxygen atoms in total. The molecule has 3 rings (SSSR count). The SMILES string of the molecule is Cc1nc2c(ccn2Cc2ccccc2)nc1Br. The van der Waals surface area contributed by atoms with Crippen molar-refractivity contribution >= 4 is 27.1 Å². The van der Waals surface area contributed by atoms with E-state index in [-0.39, 0.29) is 0 Å². The van der Waals surface area contributed by atoms with Crippen molar-refractivity contribution in [2.75, 3.05) is 0 Å². The zero-order valence-electron chi connectivity index (χ0n) is 9.97. The van der Waals surface area contributed by atoms with Crippen molar-refractivity contribution in [2.45, 2.75) is 13.5 Å². The number of aromatic nitrogens is 3. The third-order valence-electron chi connectivity index (χ3n) is 2.90. The molecular formula is C14H12BrN3. The Morgan fingerprint density at radius 3 is 2.67 bits per heavy atom. The lowest BCUT2D eigenvalue weighted by atomic mass is 10.2. The summed E-state index contributed by atoms with van der Waals surface area (Å²) in [5, 5.41) is 0. The van der Waals surface area contributed by atoms with Crippen LogP contribution in [-0.2, 0) is 6.54 Å². The van der Waals surface area contributed by atoms with Gasteiger partial charge in [-0.1, -0.05) is 30.3 Å². The van der Waals surface area contributed by atoms with Crippen molar-refractivity contribution in [3.63, 3.8) is 0 Å². The minimum atomic E-state index is 0.812. The molecule has 0 aliphatic rings. The Kier molecular flexibility index (Phi) is 2.88. The average molecular weight is 302 g/mol. The molecule has 0 aliphatic heterocycles. The number of hydrogen-bond donors (Lipinski definition) is 0. The van der Waals surface area contributed by atoms with Gasteiger partial charge < -0.3 is 4.57 Å². The zero-order chi connectivity index (χ0) is 12.5. The number of aryl methyl sites for hydroxylation is 1. The number of benzene rings is 1. The molecule has 0 unspecified atom stereocenters. The Morgan fingerprint density at radius 1 is 1.11 bits per heavy atom. The molecule has 0 aliphatic carbocycles. The van der Waals surface area contributed by atoms with Gasteiger partial charge >= 0.3 is 0 Å². The van der Waals surface area contributed by atoms with E-state index in [0.717, 1.165) is 28.0 Å². The third kappa shape index (κ3) is 2.04.